The maximum Gasteiger partial charge on any atom is 0.320 e. The van der Waals surface area contributed by atoms with Gasteiger partial charge in [0.25, 0.3) is 0 Å². The number of anilines is 1. The second-order valence-corrected chi connectivity index (χ2v) is 4.94. The Balaban J connectivity index is 2.02. The first-order chi connectivity index (χ1) is 9.63. The van der Waals surface area contributed by atoms with E-state index in [0.717, 1.165) is 37.6 Å². The summed E-state index contributed by atoms with van der Waals surface area (Å²) in [6, 6.07) is 7.59. The van der Waals surface area contributed by atoms with Gasteiger partial charge in [0.15, 0.2) is 0 Å². The number of carboxylic acids is 1. The highest BCUT2D eigenvalue weighted by Crippen LogP contribution is 2.28. The van der Waals surface area contributed by atoms with Crippen molar-refractivity contribution in [2.24, 2.45) is 0 Å². The van der Waals surface area contributed by atoms with Crippen LogP contribution in [0.15, 0.2) is 24.3 Å². The van der Waals surface area contributed by atoms with Crippen molar-refractivity contribution in [2.75, 3.05) is 37.7 Å². The summed E-state index contributed by atoms with van der Waals surface area (Å²) in [5.74, 6) is 0.142. The van der Waals surface area contributed by atoms with E-state index < -0.39 is 12.0 Å². The van der Waals surface area contributed by atoms with Gasteiger partial charge in [-0.3, -0.25) is 9.69 Å². The molecule has 1 fully saturated rings. The number of hydrogen-bond donors (Lipinski definition) is 1. The number of hydrogen-bond acceptors (Lipinski definition) is 4. The average molecular weight is 278 g/mol. The first kappa shape index (κ1) is 14.7. The average Bonchev–Trinajstić information content (AvgIpc) is 2.47. The standard InChI is InChI=1S/C15H22N2O3/c1-3-20-14-7-5-4-6-13(14)17-10-8-16(9-11-17)12(2)15(18)19/h4-7,12H,3,8-11H2,1-2H3,(H,18,19)/t12-/m1/s1. The molecule has 0 aromatic heterocycles. The molecule has 1 aliphatic rings. The maximum absolute atomic E-state index is 11.0. The molecule has 2 rings (SSSR count). The van der Waals surface area contributed by atoms with Crippen molar-refractivity contribution in [3.8, 4) is 5.75 Å². The molecule has 1 heterocycles. The van der Waals surface area contributed by atoms with Gasteiger partial charge < -0.3 is 14.7 Å². The first-order valence-corrected chi connectivity index (χ1v) is 7.07. The van der Waals surface area contributed by atoms with Gasteiger partial charge in [-0.15, -0.1) is 0 Å². The molecule has 1 aliphatic heterocycles. The molecule has 0 amide bonds. The SMILES string of the molecule is CCOc1ccccc1N1CCN([C@H](C)C(=O)O)CC1. The number of nitrogens with zero attached hydrogens (tertiary/aromatic N) is 2. The van der Waals surface area contributed by atoms with Crippen LogP contribution in [0.5, 0.6) is 5.75 Å². The summed E-state index contributed by atoms with van der Waals surface area (Å²) in [7, 11) is 0. The van der Waals surface area contributed by atoms with Crippen LogP contribution in [0.2, 0.25) is 0 Å². The fourth-order valence-corrected chi connectivity index (χ4v) is 2.50. The number of rotatable bonds is 5. The van der Waals surface area contributed by atoms with Crippen molar-refractivity contribution in [1.29, 1.82) is 0 Å². The summed E-state index contributed by atoms with van der Waals surface area (Å²) in [4.78, 5) is 15.3. The van der Waals surface area contributed by atoms with Crippen LogP contribution in [-0.2, 0) is 4.79 Å². The monoisotopic (exact) mass is 278 g/mol. The second-order valence-electron chi connectivity index (χ2n) is 4.94. The lowest BCUT2D eigenvalue weighted by Gasteiger charge is -2.38. The summed E-state index contributed by atoms with van der Waals surface area (Å²) >= 11 is 0. The van der Waals surface area contributed by atoms with E-state index in [1.165, 1.54) is 0 Å². The van der Waals surface area contributed by atoms with E-state index in [1.54, 1.807) is 6.92 Å². The van der Waals surface area contributed by atoms with Gasteiger partial charge >= 0.3 is 5.97 Å². The molecular weight excluding hydrogens is 256 g/mol. The molecule has 5 heteroatoms. The maximum atomic E-state index is 11.0. The molecule has 0 aliphatic carbocycles. The minimum absolute atomic E-state index is 0.417. The zero-order valence-electron chi connectivity index (χ0n) is 12.1. The number of benzene rings is 1. The Hall–Kier alpha value is -1.75. The third-order valence-corrected chi connectivity index (χ3v) is 3.73. The molecule has 0 saturated carbocycles. The van der Waals surface area contributed by atoms with Crippen LogP contribution in [-0.4, -0.2) is 54.8 Å². The number of carboxylic acid groups (broad SMARTS) is 1. The third-order valence-electron chi connectivity index (χ3n) is 3.73. The topological polar surface area (TPSA) is 53.0 Å². The van der Waals surface area contributed by atoms with E-state index in [2.05, 4.69) is 11.0 Å². The first-order valence-electron chi connectivity index (χ1n) is 7.07. The van der Waals surface area contributed by atoms with Gasteiger partial charge in [0.05, 0.1) is 12.3 Å². The zero-order chi connectivity index (χ0) is 14.5. The van der Waals surface area contributed by atoms with Gasteiger partial charge in [0, 0.05) is 26.2 Å². The second kappa shape index (κ2) is 6.61. The molecule has 1 aromatic rings. The minimum Gasteiger partial charge on any atom is -0.492 e. The van der Waals surface area contributed by atoms with Crippen LogP contribution in [0.3, 0.4) is 0 Å². The van der Waals surface area contributed by atoms with E-state index in [0.29, 0.717) is 6.61 Å². The van der Waals surface area contributed by atoms with Crippen LogP contribution >= 0.6 is 0 Å². The lowest BCUT2D eigenvalue weighted by molar-refractivity contribution is -0.142. The highest BCUT2D eigenvalue weighted by Gasteiger charge is 2.26. The molecular formula is C15H22N2O3. The number of ether oxygens (including phenoxy) is 1. The van der Waals surface area contributed by atoms with Crippen LogP contribution < -0.4 is 9.64 Å². The molecule has 1 atom stereocenters. The largest absolute Gasteiger partial charge is 0.492 e. The Bertz CT molecular complexity index is 456. The smallest absolute Gasteiger partial charge is 0.320 e. The lowest BCUT2D eigenvalue weighted by atomic mass is 10.2. The van der Waals surface area contributed by atoms with Crippen LogP contribution in [0, 0.1) is 0 Å². The van der Waals surface area contributed by atoms with Crippen molar-refractivity contribution < 1.29 is 14.6 Å². The number of para-hydroxylation sites is 2. The van der Waals surface area contributed by atoms with Crippen LogP contribution in [0.4, 0.5) is 5.69 Å². The molecule has 1 N–H and O–H groups in total. The molecule has 5 nitrogen and oxygen atoms in total. The van der Waals surface area contributed by atoms with Gasteiger partial charge in [0.2, 0.25) is 0 Å². The van der Waals surface area contributed by atoms with E-state index in [1.807, 2.05) is 30.0 Å². The predicted octanol–water partition coefficient (Wildman–Crippen LogP) is 1.68. The van der Waals surface area contributed by atoms with Gasteiger partial charge in [-0.25, -0.2) is 0 Å². The molecule has 1 aromatic carbocycles. The van der Waals surface area contributed by atoms with E-state index in [-0.39, 0.29) is 0 Å². The molecule has 0 bridgehead atoms. The summed E-state index contributed by atoms with van der Waals surface area (Å²) < 4.78 is 5.65. The molecule has 110 valence electrons. The lowest BCUT2D eigenvalue weighted by Crippen LogP contribution is -2.51. The van der Waals surface area contributed by atoms with Gasteiger partial charge in [-0.05, 0) is 26.0 Å². The van der Waals surface area contributed by atoms with Crippen molar-refractivity contribution in [3.63, 3.8) is 0 Å². The van der Waals surface area contributed by atoms with Gasteiger partial charge in [-0.2, -0.15) is 0 Å². The predicted molar refractivity (Wildman–Crippen MR) is 78.5 cm³/mol. The summed E-state index contributed by atoms with van der Waals surface area (Å²) in [5.41, 5.74) is 1.09. The fourth-order valence-electron chi connectivity index (χ4n) is 2.50. The molecule has 0 unspecified atom stereocenters. The van der Waals surface area contributed by atoms with Gasteiger partial charge in [-0.1, -0.05) is 12.1 Å². The molecule has 1 saturated heterocycles. The summed E-state index contributed by atoms with van der Waals surface area (Å²) in [6.45, 7) is 7.52. The zero-order valence-corrected chi connectivity index (χ0v) is 12.1. The number of piperazine rings is 1. The Morgan fingerprint density at radius 3 is 2.55 bits per heavy atom. The van der Waals surface area contributed by atoms with Crippen molar-refractivity contribution in [2.45, 2.75) is 19.9 Å². The number of aliphatic carboxylic acids is 1. The van der Waals surface area contributed by atoms with Gasteiger partial charge in [0.1, 0.15) is 11.8 Å². The van der Waals surface area contributed by atoms with E-state index >= 15 is 0 Å². The Morgan fingerprint density at radius 2 is 1.95 bits per heavy atom. The number of carbonyl (C=O) groups is 1. The fraction of sp³-hybridized carbons (Fsp3) is 0.533. The molecule has 0 spiro atoms. The Morgan fingerprint density at radius 1 is 1.30 bits per heavy atom. The van der Waals surface area contributed by atoms with Crippen molar-refractivity contribution in [3.05, 3.63) is 24.3 Å². The highest BCUT2D eigenvalue weighted by atomic mass is 16.5. The third kappa shape index (κ3) is 3.22. The van der Waals surface area contributed by atoms with E-state index in [9.17, 15) is 4.79 Å². The summed E-state index contributed by atoms with van der Waals surface area (Å²) in [6.07, 6.45) is 0. The van der Waals surface area contributed by atoms with Crippen molar-refractivity contribution >= 4 is 11.7 Å². The van der Waals surface area contributed by atoms with Crippen molar-refractivity contribution in [1.82, 2.24) is 4.90 Å². The normalized spacial score (nSPS) is 17.8. The Labute approximate surface area is 119 Å². The summed E-state index contributed by atoms with van der Waals surface area (Å²) in [5, 5.41) is 9.06. The molecule has 0 radical (unpaired) electrons. The van der Waals surface area contributed by atoms with Crippen LogP contribution in [0.1, 0.15) is 13.8 Å². The quantitative estimate of drug-likeness (QED) is 0.888. The highest BCUT2D eigenvalue weighted by molar-refractivity contribution is 5.73. The molecule has 20 heavy (non-hydrogen) atoms. The van der Waals surface area contributed by atoms with Crippen LogP contribution in [0.25, 0.3) is 0 Å². The Kier molecular flexibility index (Phi) is 4.84. The van der Waals surface area contributed by atoms with E-state index in [4.69, 9.17) is 9.84 Å². The minimum atomic E-state index is -0.756.